The Balaban J connectivity index is 1.68. The lowest BCUT2D eigenvalue weighted by atomic mass is 10.0. The van der Waals surface area contributed by atoms with Gasteiger partial charge in [0.1, 0.15) is 0 Å². The summed E-state index contributed by atoms with van der Waals surface area (Å²) in [7, 11) is 0. The van der Waals surface area contributed by atoms with Crippen molar-refractivity contribution in [3.05, 3.63) is 80.1 Å². The van der Waals surface area contributed by atoms with Crippen molar-refractivity contribution in [2.24, 2.45) is 0 Å². The number of rotatable bonds is 4. The number of hydrogen-bond donors (Lipinski definition) is 1. The summed E-state index contributed by atoms with van der Waals surface area (Å²) >= 11 is 8.90. The number of hydrogen-bond acceptors (Lipinski definition) is 3. The molecule has 0 aliphatic carbocycles. The molecule has 0 aliphatic rings. The van der Waals surface area contributed by atoms with E-state index in [0.29, 0.717) is 33.2 Å². The van der Waals surface area contributed by atoms with Gasteiger partial charge in [0.25, 0.3) is 5.91 Å². The molecule has 2 aromatic carbocycles. The van der Waals surface area contributed by atoms with Crippen LogP contribution in [0.5, 0.6) is 0 Å². The van der Waals surface area contributed by atoms with Crippen LogP contribution in [0.15, 0.2) is 54.7 Å². The third kappa shape index (κ3) is 3.94. The third-order valence-electron chi connectivity index (χ3n) is 4.96. The van der Waals surface area contributed by atoms with E-state index in [1.165, 1.54) is 11.8 Å². The van der Waals surface area contributed by atoms with Gasteiger partial charge in [0.15, 0.2) is 5.65 Å². The van der Waals surface area contributed by atoms with Crippen molar-refractivity contribution < 1.29 is 4.79 Å². The van der Waals surface area contributed by atoms with Gasteiger partial charge in [-0.3, -0.25) is 4.79 Å². The van der Waals surface area contributed by atoms with Crippen LogP contribution in [0.3, 0.4) is 0 Å². The molecule has 1 N–H and O–H groups in total. The number of benzene rings is 2. The van der Waals surface area contributed by atoms with Crippen LogP contribution in [0.4, 0.5) is 5.69 Å². The molecule has 0 spiro atoms. The number of nitrogens with one attached hydrogen (secondary N) is 1. The van der Waals surface area contributed by atoms with Crippen molar-refractivity contribution in [2.45, 2.75) is 26.7 Å². The van der Waals surface area contributed by atoms with Crippen LogP contribution in [0.1, 0.15) is 41.4 Å². The average Bonchev–Trinajstić information content (AvgIpc) is 3.06. The van der Waals surface area contributed by atoms with E-state index in [2.05, 4.69) is 51.8 Å². The minimum Gasteiger partial charge on any atom is -0.322 e. The van der Waals surface area contributed by atoms with Crippen LogP contribution in [-0.2, 0) is 0 Å². The van der Waals surface area contributed by atoms with E-state index in [1.54, 1.807) is 4.68 Å². The summed E-state index contributed by atoms with van der Waals surface area (Å²) in [6.07, 6.45) is 1.51. The highest BCUT2D eigenvalue weighted by atomic mass is 127. The fourth-order valence-electron chi connectivity index (χ4n) is 3.28. The summed E-state index contributed by atoms with van der Waals surface area (Å²) in [6, 6.07) is 15.8. The summed E-state index contributed by atoms with van der Waals surface area (Å²) in [5.41, 5.74) is 4.48. The molecule has 0 radical (unpaired) electrons. The molecule has 152 valence electrons. The lowest BCUT2D eigenvalue weighted by Gasteiger charge is -2.10. The van der Waals surface area contributed by atoms with Gasteiger partial charge in [0.2, 0.25) is 0 Å². The molecule has 30 heavy (non-hydrogen) atoms. The fraction of sp³-hybridized carbons (Fsp3) is 0.174. The zero-order chi connectivity index (χ0) is 21.4. The SMILES string of the molecule is Cc1nn(-c2ccc(I)cc2)c2ncc(C(=O)Nc3ccc(C(C)C)cc3)c(Cl)c12. The van der Waals surface area contributed by atoms with Crippen LogP contribution < -0.4 is 5.32 Å². The normalized spacial score (nSPS) is 11.3. The van der Waals surface area contributed by atoms with Crippen molar-refractivity contribution in [1.29, 1.82) is 0 Å². The van der Waals surface area contributed by atoms with E-state index in [0.717, 1.165) is 15.0 Å². The molecule has 4 rings (SSSR count). The van der Waals surface area contributed by atoms with Gasteiger partial charge >= 0.3 is 0 Å². The number of carbonyl (C=O) groups is 1. The molecule has 0 fully saturated rings. The molecule has 0 aliphatic heterocycles. The minimum atomic E-state index is -0.298. The summed E-state index contributed by atoms with van der Waals surface area (Å²) < 4.78 is 2.88. The highest BCUT2D eigenvalue weighted by Gasteiger charge is 2.20. The van der Waals surface area contributed by atoms with Crippen LogP contribution in [0, 0.1) is 10.5 Å². The molecule has 1 amide bonds. The van der Waals surface area contributed by atoms with Crippen LogP contribution in [0.25, 0.3) is 16.7 Å². The maximum absolute atomic E-state index is 12.9. The molecule has 0 saturated heterocycles. The molecular weight excluding hydrogens is 511 g/mol. The first-order chi connectivity index (χ1) is 14.3. The molecule has 0 saturated carbocycles. The monoisotopic (exact) mass is 530 g/mol. The maximum atomic E-state index is 12.9. The topological polar surface area (TPSA) is 59.8 Å². The van der Waals surface area contributed by atoms with E-state index in [-0.39, 0.29) is 5.91 Å². The van der Waals surface area contributed by atoms with Crippen molar-refractivity contribution in [3.63, 3.8) is 0 Å². The van der Waals surface area contributed by atoms with Gasteiger partial charge in [-0.25, -0.2) is 9.67 Å². The highest BCUT2D eigenvalue weighted by Crippen LogP contribution is 2.30. The molecule has 2 aromatic heterocycles. The summed E-state index contributed by atoms with van der Waals surface area (Å²) in [6.45, 7) is 6.13. The summed E-state index contributed by atoms with van der Waals surface area (Å²) in [5, 5.41) is 8.53. The van der Waals surface area contributed by atoms with Gasteiger partial charge in [-0.15, -0.1) is 0 Å². The number of aromatic nitrogens is 3. The lowest BCUT2D eigenvalue weighted by molar-refractivity contribution is 0.102. The van der Waals surface area contributed by atoms with Crippen LogP contribution in [0.2, 0.25) is 5.02 Å². The van der Waals surface area contributed by atoms with Crippen molar-refractivity contribution in [3.8, 4) is 5.69 Å². The largest absolute Gasteiger partial charge is 0.322 e. The number of nitrogens with zero attached hydrogens (tertiary/aromatic N) is 3. The second-order valence-corrected chi connectivity index (χ2v) is 9.01. The molecule has 0 bridgehead atoms. The number of anilines is 1. The molecule has 0 unspecified atom stereocenters. The van der Waals surface area contributed by atoms with E-state index in [1.807, 2.05) is 55.5 Å². The van der Waals surface area contributed by atoms with Gasteiger partial charge in [-0.2, -0.15) is 5.10 Å². The van der Waals surface area contributed by atoms with Crippen molar-refractivity contribution in [2.75, 3.05) is 5.32 Å². The van der Waals surface area contributed by atoms with E-state index in [4.69, 9.17) is 11.6 Å². The maximum Gasteiger partial charge on any atom is 0.258 e. The Labute approximate surface area is 193 Å². The number of halogens is 2. The quantitative estimate of drug-likeness (QED) is 0.312. The van der Waals surface area contributed by atoms with Gasteiger partial charge in [0.05, 0.1) is 27.4 Å². The standard InChI is InChI=1S/C23H20ClIN4O/c1-13(2)15-4-8-17(9-5-15)27-23(30)19-12-26-22-20(21(19)24)14(3)28-29(22)18-10-6-16(25)7-11-18/h4-13H,1-3H3,(H,27,30). The number of amides is 1. The zero-order valence-corrected chi connectivity index (χ0v) is 19.7. The van der Waals surface area contributed by atoms with Gasteiger partial charge in [-0.1, -0.05) is 37.6 Å². The average molecular weight is 531 g/mol. The zero-order valence-electron chi connectivity index (χ0n) is 16.8. The van der Waals surface area contributed by atoms with Crippen LogP contribution >= 0.6 is 34.2 Å². The summed E-state index contributed by atoms with van der Waals surface area (Å²) in [5.74, 6) is 0.136. The molecular formula is C23H20ClIN4O. The lowest BCUT2D eigenvalue weighted by Crippen LogP contribution is -2.13. The molecule has 2 heterocycles. The van der Waals surface area contributed by atoms with E-state index < -0.39 is 0 Å². The van der Waals surface area contributed by atoms with Gasteiger partial charge < -0.3 is 5.32 Å². The Morgan fingerprint density at radius 3 is 2.40 bits per heavy atom. The van der Waals surface area contributed by atoms with Crippen molar-refractivity contribution >= 4 is 56.8 Å². The highest BCUT2D eigenvalue weighted by molar-refractivity contribution is 14.1. The molecule has 5 nitrogen and oxygen atoms in total. The molecule has 0 atom stereocenters. The second kappa shape index (κ2) is 8.35. The predicted octanol–water partition coefficient (Wildman–Crippen LogP) is 6.36. The van der Waals surface area contributed by atoms with E-state index in [9.17, 15) is 4.79 Å². The Kier molecular flexibility index (Phi) is 5.79. The van der Waals surface area contributed by atoms with Gasteiger partial charge in [0, 0.05) is 15.5 Å². The Hall–Kier alpha value is -2.45. The van der Waals surface area contributed by atoms with Crippen LogP contribution in [-0.4, -0.2) is 20.7 Å². The first-order valence-corrected chi connectivity index (χ1v) is 11.0. The first-order valence-electron chi connectivity index (χ1n) is 9.56. The van der Waals surface area contributed by atoms with Gasteiger partial charge in [-0.05, 0) is 77.4 Å². The minimum absolute atomic E-state index is 0.298. The van der Waals surface area contributed by atoms with Crippen molar-refractivity contribution in [1.82, 2.24) is 14.8 Å². The number of aryl methyl sites for hydroxylation is 1. The Morgan fingerprint density at radius 2 is 1.77 bits per heavy atom. The number of carbonyl (C=O) groups excluding carboxylic acids is 1. The Bertz CT molecular complexity index is 1230. The smallest absolute Gasteiger partial charge is 0.258 e. The number of fused-ring (bicyclic) bond motifs is 1. The van der Waals surface area contributed by atoms with E-state index >= 15 is 0 Å². The second-order valence-electron chi connectivity index (χ2n) is 7.39. The first kappa shape index (κ1) is 20.8. The molecule has 7 heteroatoms. The summed E-state index contributed by atoms with van der Waals surface area (Å²) in [4.78, 5) is 17.4. The third-order valence-corrected chi connectivity index (χ3v) is 6.07. The number of pyridine rings is 1. The predicted molar refractivity (Wildman–Crippen MR) is 130 cm³/mol. The molecule has 4 aromatic rings. The Morgan fingerprint density at radius 1 is 1.10 bits per heavy atom. The fourth-order valence-corrected chi connectivity index (χ4v) is 3.99.